The van der Waals surface area contributed by atoms with Crippen LogP contribution in [0.3, 0.4) is 0 Å². The Morgan fingerprint density at radius 2 is 2.31 bits per heavy atom. The SMILES string of the molecule is [N-]=[N+]=Nc1c(Cl)ccc2c1OCO2. The maximum Gasteiger partial charge on any atom is 0.231 e. The van der Waals surface area contributed by atoms with E-state index in [0.29, 0.717) is 16.5 Å². The van der Waals surface area contributed by atoms with Crippen LogP contribution in [-0.2, 0) is 0 Å². The third-order valence-corrected chi connectivity index (χ3v) is 1.91. The van der Waals surface area contributed by atoms with Crippen molar-refractivity contribution in [2.24, 2.45) is 5.11 Å². The van der Waals surface area contributed by atoms with Gasteiger partial charge < -0.3 is 9.47 Å². The van der Waals surface area contributed by atoms with Crippen molar-refractivity contribution in [1.29, 1.82) is 0 Å². The molecule has 0 saturated heterocycles. The molecule has 1 aromatic rings. The summed E-state index contributed by atoms with van der Waals surface area (Å²) in [5.41, 5.74) is 8.56. The fraction of sp³-hybridized carbons (Fsp3) is 0.143. The van der Waals surface area contributed by atoms with Crippen molar-refractivity contribution < 1.29 is 9.47 Å². The highest BCUT2D eigenvalue weighted by Crippen LogP contribution is 2.45. The molecule has 0 fully saturated rings. The van der Waals surface area contributed by atoms with E-state index in [0.717, 1.165) is 0 Å². The Hall–Kier alpha value is -1.58. The molecule has 0 atom stereocenters. The molecule has 0 unspecified atom stereocenters. The lowest BCUT2D eigenvalue weighted by Gasteiger charge is -2.00. The number of rotatable bonds is 1. The Morgan fingerprint density at radius 3 is 3.08 bits per heavy atom. The molecule has 0 radical (unpaired) electrons. The van der Waals surface area contributed by atoms with E-state index in [1.54, 1.807) is 12.1 Å². The number of benzene rings is 1. The summed E-state index contributed by atoms with van der Waals surface area (Å²) < 4.78 is 10.2. The van der Waals surface area contributed by atoms with Crippen LogP contribution in [0.5, 0.6) is 11.5 Å². The predicted octanol–water partition coefficient (Wildman–Crippen LogP) is 3.01. The van der Waals surface area contributed by atoms with Gasteiger partial charge in [-0.1, -0.05) is 16.7 Å². The standard InChI is InChI=1S/C7H4ClN3O2/c8-4-1-2-5-7(13-3-12-5)6(4)10-11-9/h1-2H,3H2. The number of halogens is 1. The van der Waals surface area contributed by atoms with Gasteiger partial charge in [-0.2, -0.15) is 0 Å². The van der Waals surface area contributed by atoms with Crippen molar-refractivity contribution in [3.8, 4) is 11.5 Å². The van der Waals surface area contributed by atoms with E-state index in [4.69, 9.17) is 26.6 Å². The zero-order chi connectivity index (χ0) is 9.26. The van der Waals surface area contributed by atoms with Crippen LogP contribution in [0.1, 0.15) is 0 Å². The molecule has 0 bridgehead atoms. The summed E-state index contributed by atoms with van der Waals surface area (Å²) in [6, 6.07) is 3.26. The van der Waals surface area contributed by atoms with Crippen LogP contribution in [-0.4, -0.2) is 6.79 Å². The molecule has 0 N–H and O–H groups in total. The average Bonchev–Trinajstić information content (AvgIpc) is 2.58. The van der Waals surface area contributed by atoms with Gasteiger partial charge >= 0.3 is 0 Å². The van der Waals surface area contributed by atoms with E-state index in [2.05, 4.69) is 10.0 Å². The minimum Gasteiger partial charge on any atom is -0.454 e. The Labute approximate surface area is 78.5 Å². The molecule has 1 heterocycles. The van der Waals surface area contributed by atoms with Crippen LogP contribution in [0.2, 0.25) is 5.02 Å². The van der Waals surface area contributed by atoms with Crippen LogP contribution in [0.25, 0.3) is 10.4 Å². The molecule has 1 aliphatic rings. The number of hydrogen-bond acceptors (Lipinski definition) is 3. The molecule has 0 spiro atoms. The lowest BCUT2D eigenvalue weighted by molar-refractivity contribution is 0.174. The maximum absolute atomic E-state index is 8.28. The molecule has 0 aromatic heterocycles. The first-order chi connectivity index (χ1) is 6.33. The highest BCUT2D eigenvalue weighted by Gasteiger charge is 2.18. The monoisotopic (exact) mass is 197 g/mol. The van der Waals surface area contributed by atoms with E-state index in [-0.39, 0.29) is 12.5 Å². The number of fused-ring (bicyclic) bond motifs is 1. The highest BCUT2D eigenvalue weighted by molar-refractivity contribution is 6.33. The minimum atomic E-state index is 0.129. The van der Waals surface area contributed by atoms with Crippen LogP contribution in [0, 0.1) is 0 Å². The summed E-state index contributed by atoms with van der Waals surface area (Å²) in [4.78, 5) is 2.65. The smallest absolute Gasteiger partial charge is 0.231 e. The number of nitrogens with zero attached hydrogens (tertiary/aromatic N) is 3. The van der Waals surface area contributed by atoms with Crippen molar-refractivity contribution in [1.82, 2.24) is 0 Å². The molecule has 1 aromatic carbocycles. The number of hydrogen-bond donors (Lipinski definition) is 0. The van der Waals surface area contributed by atoms with Gasteiger partial charge in [-0.25, -0.2) is 0 Å². The van der Waals surface area contributed by atoms with Gasteiger partial charge in [0.25, 0.3) is 0 Å². The molecule has 6 heteroatoms. The van der Waals surface area contributed by atoms with Crippen molar-refractivity contribution in [2.75, 3.05) is 6.79 Å². The van der Waals surface area contributed by atoms with Gasteiger partial charge in [0, 0.05) is 4.91 Å². The summed E-state index contributed by atoms with van der Waals surface area (Å²) in [5.74, 6) is 0.956. The first-order valence-corrected chi connectivity index (χ1v) is 3.84. The number of ether oxygens (including phenoxy) is 2. The third kappa shape index (κ3) is 1.24. The van der Waals surface area contributed by atoms with Gasteiger partial charge in [-0.15, -0.1) is 0 Å². The van der Waals surface area contributed by atoms with Gasteiger partial charge in [-0.05, 0) is 17.7 Å². The van der Waals surface area contributed by atoms with Gasteiger partial charge in [0.1, 0.15) is 5.69 Å². The van der Waals surface area contributed by atoms with Crippen molar-refractivity contribution >= 4 is 17.3 Å². The summed E-state index contributed by atoms with van der Waals surface area (Å²) in [5, 5.41) is 3.77. The van der Waals surface area contributed by atoms with Crippen molar-refractivity contribution in [3.05, 3.63) is 27.6 Å². The van der Waals surface area contributed by atoms with Gasteiger partial charge in [0.05, 0.1) is 5.02 Å². The normalized spacial score (nSPS) is 12.4. The fourth-order valence-corrected chi connectivity index (χ4v) is 1.26. The average molecular weight is 198 g/mol. The quantitative estimate of drug-likeness (QED) is 0.395. The first kappa shape index (κ1) is 8.04. The molecule has 0 aliphatic carbocycles. The number of azide groups is 1. The van der Waals surface area contributed by atoms with Gasteiger partial charge in [0.2, 0.25) is 6.79 Å². The van der Waals surface area contributed by atoms with Crippen molar-refractivity contribution in [2.45, 2.75) is 0 Å². The van der Waals surface area contributed by atoms with E-state index < -0.39 is 0 Å². The van der Waals surface area contributed by atoms with Gasteiger partial charge in [0.15, 0.2) is 11.5 Å². The van der Waals surface area contributed by atoms with E-state index in [1.165, 1.54) is 0 Å². The predicted molar refractivity (Wildman–Crippen MR) is 46.4 cm³/mol. The molecule has 0 amide bonds. The second-order valence-corrected chi connectivity index (χ2v) is 2.73. The van der Waals surface area contributed by atoms with E-state index in [1.807, 2.05) is 0 Å². The topological polar surface area (TPSA) is 67.2 Å². The molecule has 13 heavy (non-hydrogen) atoms. The molecule has 2 rings (SSSR count). The van der Waals surface area contributed by atoms with Crippen molar-refractivity contribution in [3.63, 3.8) is 0 Å². The molecule has 1 aliphatic heterocycles. The fourth-order valence-electron chi connectivity index (χ4n) is 1.07. The Bertz CT molecular complexity index is 401. The third-order valence-electron chi connectivity index (χ3n) is 1.61. The Kier molecular flexibility index (Phi) is 1.88. The van der Waals surface area contributed by atoms with E-state index >= 15 is 0 Å². The largest absolute Gasteiger partial charge is 0.454 e. The second kappa shape index (κ2) is 3.05. The molecular formula is C7H4ClN3O2. The van der Waals surface area contributed by atoms with Gasteiger partial charge in [-0.3, -0.25) is 0 Å². The minimum absolute atomic E-state index is 0.129. The van der Waals surface area contributed by atoms with Crippen LogP contribution in [0.4, 0.5) is 5.69 Å². The zero-order valence-electron chi connectivity index (χ0n) is 6.40. The molecular weight excluding hydrogens is 194 g/mol. The van der Waals surface area contributed by atoms with Crippen LogP contribution in [0.15, 0.2) is 17.2 Å². The first-order valence-electron chi connectivity index (χ1n) is 3.46. The van der Waals surface area contributed by atoms with Crippen LogP contribution < -0.4 is 9.47 Å². The maximum atomic E-state index is 8.28. The summed E-state index contributed by atoms with van der Waals surface area (Å²) in [6.07, 6.45) is 0. The van der Waals surface area contributed by atoms with Crippen LogP contribution >= 0.6 is 11.6 Å². The molecule has 66 valence electrons. The Morgan fingerprint density at radius 1 is 1.46 bits per heavy atom. The second-order valence-electron chi connectivity index (χ2n) is 2.32. The zero-order valence-corrected chi connectivity index (χ0v) is 7.15. The summed E-state index contributed by atoms with van der Waals surface area (Å²) in [7, 11) is 0. The molecule has 5 nitrogen and oxygen atoms in total. The summed E-state index contributed by atoms with van der Waals surface area (Å²) in [6.45, 7) is 0.129. The summed E-state index contributed by atoms with van der Waals surface area (Å²) >= 11 is 5.79. The lowest BCUT2D eigenvalue weighted by Crippen LogP contribution is -1.93. The lowest BCUT2D eigenvalue weighted by atomic mass is 10.3. The Balaban J connectivity index is 2.64. The molecule has 0 saturated carbocycles. The highest BCUT2D eigenvalue weighted by atomic mass is 35.5. The van der Waals surface area contributed by atoms with E-state index in [9.17, 15) is 0 Å².